The van der Waals surface area contributed by atoms with Crippen LogP contribution in [0.25, 0.3) is 0 Å². The molecule has 3 heterocycles. The Balaban J connectivity index is 1.82. The minimum absolute atomic E-state index is 0.113. The van der Waals surface area contributed by atoms with Crippen LogP contribution in [0.4, 0.5) is 0 Å². The highest BCUT2D eigenvalue weighted by molar-refractivity contribution is 9.10. The normalized spacial score (nSPS) is 17.7. The van der Waals surface area contributed by atoms with E-state index in [1.54, 1.807) is 0 Å². The van der Waals surface area contributed by atoms with Gasteiger partial charge in [-0.05, 0) is 28.1 Å². The Morgan fingerprint density at radius 3 is 3.06 bits per heavy atom. The first-order valence-electron chi connectivity index (χ1n) is 5.97. The number of furan rings is 1. The summed E-state index contributed by atoms with van der Waals surface area (Å²) in [5.74, 6) is 2.00. The summed E-state index contributed by atoms with van der Waals surface area (Å²) in [7, 11) is 0. The molecule has 0 saturated heterocycles. The van der Waals surface area contributed by atoms with Crippen molar-refractivity contribution in [2.75, 3.05) is 13.1 Å². The monoisotopic (exact) mass is 310 g/mol. The van der Waals surface area contributed by atoms with Crippen molar-refractivity contribution >= 4 is 15.9 Å². The molecule has 0 aromatic carbocycles. The van der Waals surface area contributed by atoms with Crippen molar-refractivity contribution in [3.8, 4) is 0 Å². The molecular weight excluding hydrogens is 296 g/mol. The summed E-state index contributed by atoms with van der Waals surface area (Å²) in [4.78, 5) is 6.68. The topological polar surface area (TPSA) is 60.2 Å². The number of hydrogen-bond donors (Lipinski definition) is 1. The predicted molar refractivity (Wildman–Crippen MR) is 70.8 cm³/mol. The Hall–Kier alpha value is -1.11. The maximum Gasteiger partial charge on any atom is 0.169 e. The van der Waals surface area contributed by atoms with E-state index < -0.39 is 0 Å². The third-order valence-electron chi connectivity index (χ3n) is 3.36. The Bertz CT molecular complexity index is 536. The molecule has 96 valence electrons. The van der Waals surface area contributed by atoms with Crippen molar-refractivity contribution < 1.29 is 4.42 Å². The number of imidazole rings is 1. The number of halogens is 1. The van der Waals surface area contributed by atoms with Gasteiger partial charge in [-0.1, -0.05) is 0 Å². The van der Waals surface area contributed by atoms with Gasteiger partial charge in [-0.15, -0.1) is 0 Å². The fourth-order valence-electron chi connectivity index (χ4n) is 2.41. The average Bonchev–Trinajstić information content (AvgIpc) is 2.99. The lowest BCUT2D eigenvalue weighted by Crippen LogP contribution is -2.39. The van der Waals surface area contributed by atoms with Crippen LogP contribution in [-0.4, -0.2) is 27.5 Å². The van der Waals surface area contributed by atoms with Crippen molar-refractivity contribution in [3.63, 3.8) is 0 Å². The van der Waals surface area contributed by atoms with Gasteiger partial charge in [0.15, 0.2) is 4.67 Å². The van der Waals surface area contributed by atoms with Crippen LogP contribution in [0.2, 0.25) is 0 Å². The van der Waals surface area contributed by atoms with Crippen molar-refractivity contribution in [3.05, 3.63) is 40.8 Å². The van der Waals surface area contributed by atoms with Gasteiger partial charge in [-0.3, -0.25) is 4.90 Å². The molecule has 0 spiro atoms. The minimum atomic E-state index is 0.113. The van der Waals surface area contributed by atoms with Gasteiger partial charge in [0, 0.05) is 32.0 Å². The van der Waals surface area contributed by atoms with E-state index in [1.165, 1.54) is 0 Å². The SMILES string of the molecule is NCC(c1ccc(Br)o1)N1CCn2ccnc2C1. The van der Waals surface area contributed by atoms with E-state index in [1.807, 2.05) is 24.5 Å². The van der Waals surface area contributed by atoms with Gasteiger partial charge in [0.1, 0.15) is 11.6 Å². The Labute approximate surface area is 114 Å². The highest BCUT2D eigenvalue weighted by Crippen LogP contribution is 2.27. The van der Waals surface area contributed by atoms with E-state index in [4.69, 9.17) is 10.2 Å². The third kappa shape index (κ3) is 2.11. The van der Waals surface area contributed by atoms with Gasteiger partial charge >= 0.3 is 0 Å². The van der Waals surface area contributed by atoms with Gasteiger partial charge in [0.2, 0.25) is 0 Å². The number of rotatable bonds is 3. The lowest BCUT2D eigenvalue weighted by Gasteiger charge is -2.32. The highest BCUT2D eigenvalue weighted by atomic mass is 79.9. The lowest BCUT2D eigenvalue weighted by atomic mass is 10.1. The second-order valence-electron chi connectivity index (χ2n) is 4.40. The first-order valence-corrected chi connectivity index (χ1v) is 6.76. The van der Waals surface area contributed by atoms with Gasteiger partial charge in [-0.2, -0.15) is 0 Å². The van der Waals surface area contributed by atoms with Crippen LogP contribution in [0.3, 0.4) is 0 Å². The second kappa shape index (κ2) is 4.87. The fourth-order valence-corrected chi connectivity index (χ4v) is 2.73. The van der Waals surface area contributed by atoms with Gasteiger partial charge < -0.3 is 14.7 Å². The van der Waals surface area contributed by atoms with Crippen molar-refractivity contribution in [1.82, 2.24) is 14.5 Å². The number of nitrogens with zero attached hydrogens (tertiary/aromatic N) is 3. The number of hydrogen-bond acceptors (Lipinski definition) is 4. The summed E-state index contributed by atoms with van der Waals surface area (Å²) in [5, 5.41) is 0. The van der Waals surface area contributed by atoms with E-state index >= 15 is 0 Å². The molecule has 0 aliphatic carbocycles. The minimum Gasteiger partial charge on any atom is -0.453 e. The molecule has 0 fully saturated rings. The Morgan fingerprint density at radius 1 is 1.44 bits per heavy atom. The molecule has 1 atom stereocenters. The average molecular weight is 311 g/mol. The van der Waals surface area contributed by atoms with Gasteiger partial charge in [-0.25, -0.2) is 4.98 Å². The van der Waals surface area contributed by atoms with Crippen molar-refractivity contribution in [2.45, 2.75) is 19.1 Å². The van der Waals surface area contributed by atoms with Crippen molar-refractivity contribution in [2.24, 2.45) is 5.73 Å². The van der Waals surface area contributed by atoms with E-state index in [0.29, 0.717) is 6.54 Å². The smallest absolute Gasteiger partial charge is 0.169 e. The summed E-state index contributed by atoms with van der Waals surface area (Å²) in [5.41, 5.74) is 5.90. The van der Waals surface area contributed by atoms with Crippen LogP contribution >= 0.6 is 15.9 Å². The first-order chi connectivity index (χ1) is 8.78. The third-order valence-corrected chi connectivity index (χ3v) is 3.79. The number of fused-ring (bicyclic) bond motifs is 1. The van der Waals surface area contributed by atoms with Crippen LogP contribution in [0.15, 0.2) is 33.6 Å². The van der Waals surface area contributed by atoms with Crippen LogP contribution in [0.1, 0.15) is 17.6 Å². The maximum absolute atomic E-state index is 5.90. The quantitative estimate of drug-likeness (QED) is 0.938. The van der Waals surface area contributed by atoms with Crippen LogP contribution in [-0.2, 0) is 13.1 Å². The van der Waals surface area contributed by atoms with Gasteiger partial charge in [0.25, 0.3) is 0 Å². The van der Waals surface area contributed by atoms with E-state index in [-0.39, 0.29) is 6.04 Å². The van der Waals surface area contributed by atoms with Crippen molar-refractivity contribution in [1.29, 1.82) is 0 Å². The highest BCUT2D eigenvalue weighted by Gasteiger charge is 2.26. The Kier molecular flexibility index (Phi) is 3.23. The molecule has 0 radical (unpaired) electrons. The Morgan fingerprint density at radius 2 is 2.33 bits per heavy atom. The number of aromatic nitrogens is 2. The fraction of sp³-hybridized carbons (Fsp3) is 0.417. The molecule has 0 amide bonds. The summed E-state index contributed by atoms with van der Waals surface area (Å²) >= 11 is 3.33. The maximum atomic E-state index is 5.90. The zero-order valence-electron chi connectivity index (χ0n) is 9.92. The summed E-state index contributed by atoms with van der Waals surface area (Å²) < 4.78 is 8.55. The molecule has 2 N–H and O–H groups in total. The zero-order valence-corrected chi connectivity index (χ0v) is 11.5. The van der Waals surface area contributed by atoms with Gasteiger partial charge in [0.05, 0.1) is 12.6 Å². The van der Waals surface area contributed by atoms with E-state index in [2.05, 4.69) is 30.4 Å². The van der Waals surface area contributed by atoms with E-state index in [0.717, 1.165) is 35.9 Å². The van der Waals surface area contributed by atoms with E-state index in [9.17, 15) is 0 Å². The van der Waals surface area contributed by atoms with Crippen LogP contribution < -0.4 is 5.73 Å². The molecular formula is C12H15BrN4O. The first kappa shape index (κ1) is 12.0. The lowest BCUT2D eigenvalue weighted by molar-refractivity contribution is 0.138. The zero-order chi connectivity index (χ0) is 12.5. The summed E-state index contributed by atoms with van der Waals surface area (Å²) in [6.07, 6.45) is 3.87. The molecule has 3 rings (SSSR count). The molecule has 1 unspecified atom stereocenters. The number of nitrogens with two attached hydrogens (primary N) is 1. The van der Waals surface area contributed by atoms with Crippen LogP contribution in [0, 0.1) is 0 Å². The summed E-state index contributed by atoms with van der Waals surface area (Å²) in [6, 6.07) is 3.99. The molecule has 1 aliphatic rings. The molecule has 0 bridgehead atoms. The largest absolute Gasteiger partial charge is 0.453 e. The standard InChI is InChI=1S/C12H15BrN4O/c13-11-2-1-10(18-11)9(7-14)17-6-5-16-4-3-15-12(16)8-17/h1-4,9H,5-8,14H2. The molecule has 2 aromatic rings. The molecule has 2 aromatic heterocycles. The predicted octanol–water partition coefficient (Wildman–Crippen LogP) is 1.75. The molecule has 1 aliphatic heterocycles. The molecule has 6 heteroatoms. The summed E-state index contributed by atoms with van der Waals surface area (Å²) in [6.45, 7) is 3.27. The van der Waals surface area contributed by atoms with Crippen LogP contribution in [0.5, 0.6) is 0 Å². The molecule has 0 saturated carbocycles. The second-order valence-corrected chi connectivity index (χ2v) is 5.18. The molecule has 5 nitrogen and oxygen atoms in total. The molecule has 18 heavy (non-hydrogen) atoms.